The van der Waals surface area contributed by atoms with E-state index in [1.165, 1.54) is 11.3 Å². The summed E-state index contributed by atoms with van der Waals surface area (Å²) >= 11 is 1.19. The summed E-state index contributed by atoms with van der Waals surface area (Å²) in [7, 11) is 0. The van der Waals surface area contributed by atoms with Gasteiger partial charge in [-0.1, -0.05) is 24.3 Å². The molecule has 4 rings (SSSR count). The van der Waals surface area contributed by atoms with Gasteiger partial charge in [0, 0.05) is 12.1 Å². The fourth-order valence-electron chi connectivity index (χ4n) is 3.52. The molecule has 0 saturated heterocycles. The van der Waals surface area contributed by atoms with E-state index in [2.05, 4.69) is 27.3 Å². The molecule has 0 bridgehead atoms. The smallest absolute Gasteiger partial charge is 0.408 e. The fraction of sp³-hybridized carbons (Fsp3) is 0.346. The predicted molar refractivity (Wildman–Crippen MR) is 142 cm³/mol. The van der Waals surface area contributed by atoms with E-state index < -0.39 is 17.7 Å². The minimum absolute atomic E-state index is 0.0163. The highest BCUT2D eigenvalue weighted by Crippen LogP contribution is 2.27. The number of ether oxygens (including phenoxy) is 3. The normalized spacial score (nSPS) is 12.2. The minimum atomic E-state index is -0.687. The lowest BCUT2D eigenvalue weighted by Gasteiger charge is -2.19. The van der Waals surface area contributed by atoms with Crippen molar-refractivity contribution in [2.75, 3.05) is 19.8 Å². The topological polar surface area (TPSA) is 137 Å². The maximum atomic E-state index is 11.7. The Morgan fingerprint density at radius 3 is 2.71 bits per heavy atom. The Balaban J connectivity index is 1.24. The first-order valence-electron chi connectivity index (χ1n) is 12.0. The van der Waals surface area contributed by atoms with Gasteiger partial charge in [-0.25, -0.2) is 14.5 Å². The van der Waals surface area contributed by atoms with Gasteiger partial charge in [-0.2, -0.15) is 5.10 Å². The molecule has 3 aromatic heterocycles. The first-order chi connectivity index (χ1) is 18.1. The highest BCUT2D eigenvalue weighted by molar-refractivity contribution is 7.16. The van der Waals surface area contributed by atoms with Gasteiger partial charge in [-0.05, 0) is 56.7 Å². The summed E-state index contributed by atoms with van der Waals surface area (Å²) in [6.45, 7) is 7.11. The second-order valence-electron chi connectivity index (χ2n) is 9.45. The van der Waals surface area contributed by atoms with Crippen LogP contribution in [0.25, 0.3) is 16.0 Å². The van der Waals surface area contributed by atoms with Crippen LogP contribution in [0.5, 0.6) is 5.75 Å². The Morgan fingerprint density at radius 1 is 1.16 bits per heavy atom. The van der Waals surface area contributed by atoms with E-state index in [9.17, 15) is 14.4 Å². The summed E-state index contributed by atoms with van der Waals surface area (Å²) < 4.78 is 18.3. The second kappa shape index (κ2) is 11.5. The number of carbonyl (C=O) groups excluding carboxylic acids is 2. The van der Waals surface area contributed by atoms with Gasteiger partial charge >= 0.3 is 16.9 Å². The van der Waals surface area contributed by atoms with Crippen LogP contribution in [0.4, 0.5) is 4.79 Å². The van der Waals surface area contributed by atoms with Gasteiger partial charge in [0.15, 0.2) is 5.82 Å². The summed E-state index contributed by atoms with van der Waals surface area (Å²) in [6, 6.07) is 11.4. The zero-order valence-electron chi connectivity index (χ0n) is 21.5. The Bertz CT molecular complexity index is 1470. The molecule has 0 saturated carbocycles. The number of alkyl carbamates (subject to hydrolysis) is 1. The summed E-state index contributed by atoms with van der Waals surface area (Å²) in [5, 5.41) is 7.00. The molecule has 2 N–H and O–H groups in total. The maximum Gasteiger partial charge on any atom is 0.408 e. The van der Waals surface area contributed by atoms with Gasteiger partial charge < -0.3 is 24.5 Å². The molecule has 0 radical (unpaired) electrons. The molecular weight excluding hydrogens is 510 g/mol. The first-order valence-corrected chi connectivity index (χ1v) is 12.8. The average Bonchev–Trinajstić information content (AvgIpc) is 3.50. The molecule has 38 heavy (non-hydrogen) atoms. The van der Waals surface area contributed by atoms with Crippen LogP contribution >= 0.6 is 11.3 Å². The van der Waals surface area contributed by atoms with Crippen molar-refractivity contribution in [3.05, 3.63) is 69.7 Å². The molecule has 1 atom stereocenters. The first kappa shape index (κ1) is 26.9. The number of benzene rings is 1. The predicted octanol–water partition coefficient (Wildman–Crippen LogP) is 3.77. The standard InChI is InChI=1S/C26H29N5O6S/c1-16(17-5-7-20-21(13-17)38-25(34)29-20)19-9-10-31(30-19)22-8-6-18(14-27-22)35-11-12-36-23(32)15-28-24(33)37-26(2,3)4/h5-10,13-14,16H,11-12,15H2,1-4H3,(H,28,33)(H,29,34). The van der Waals surface area contributed by atoms with Crippen molar-refractivity contribution >= 4 is 33.6 Å². The molecule has 1 aromatic carbocycles. The highest BCUT2D eigenvalue weighted by atomic mass is 32.1. The number of hydrogen-bond donors (Lipinski definition) is 2. The van der Waals surface area contributed by atoms with Crippen molar-refractivity contribution in [2.45, 2.75) is 39.2 Å². The Hall–Kier alpha value is -4.19. The molecule has 0 aliphatic heterocycles. The second-order valence-corrected chi connectivity index (χ2v) is 10.5. The number of rotatable bonds is 9. The van der Waals surface area contributed by atoms with Gasteiger partial charge in [0.25, 0.3) is 0 Å². The van der Waals surface area contributed by atoms with Crippen molar-refractivity contribution < 1.29 is 23.8 Å². The van der Waals surface area contributed by atoms with Crippen molar-refractivity contribution in [2.24, 2.45) is 0 Å². The molecule has 12 heteroatoms. The Kier molecular flexibility index (Phi) is 8.10. The monoisotopic (exact) mass is 539 g/mol. The molecule has 4 aromatic rings. The number of aromatic amines is 1. The number of thiazole rings is 1. The zero-order chi connectivity index (χ0) is 27.3. The van der Waals surface area contributed by atoms with Gasteiger partial charge in [0.1, 0.15) is 31.1 Å². The molecule has 200 valence electrons. The largest absolute Gasteiger partial charge is 0.488 e. The molecule has 0 fully saturated rings. The summed E-state index contributed by atoms with van der Waals surface area (Å²) in [5.41, 5.74) is 2.13. The van der Waals surface area contributed by atoms with Gasteiger partial charge in [0.2, 0.25) is 0 Å². The molecule has 1 unspecified atom stereocenters. The molecule has 11 nitrogen and oxygen atoms in total. The van der Waals surface area contributed by atoms with Crippen LogP contribution in [0.2, 0.25) is 0 Å². The van der Waals surface area contributed by atoms with E-state index in [1.807, 2.05) is 30.5 Å². The quantitative estimate of drug-likeness (QED) is 0.242. The molecular formula is C26H29N5O6S. The van der Waals surface area contributed by atoms with E-state index in [1.54, 1.807) is 43.8 Å². The number of amides is 1. The number of nitrogens with zero attached hydrogens (tertiary/aromatic N) is 3. The lowest BCUT2D eigenvalue weighted by Crippen LogP contribution is -2.36. The van der Waals surface area contributed by atoms with Crippen molar-refractivity contribution in [1.82, 2.24) is 25.1 Å². The maximum absolute atomic E-state index is 11.7. The van der Waals surface area contributed by atoms with Crippen LogP contribution in [0, 0.1) is 0 Å². The SMILES string of the molecule is CC(c1ccc2[nH]c(=O)sc2c1)c1ccn(-c2ccc(OCCOC(=O)CNC(=O)OC(C)(C)C)cn2)n1. The number of H-pyrrole nitrogens is 1. The molecule has 0 spiro atoms. The van der Waals surface area contributed by atoms with Crippen molar-refractivity contribution in [3.63, 3.8) is 0 Å². The number of aromatic nitrogens is 4. The van der Waals surface area contributed by atoms with Crippen molar-refractivity contribution in [1.29, 1.82) is 0 Å². The molecule has 0 aliphatic carbocycles. The van der Waals surface area contributed by atoms with Gasteiger partial charge in [0.05, 0.1) is 22.1 Å². The molecule has 0 aliphatic rings. The summed E-state index contributed by atoms with van der Waals surface area (Å²) in [6.07, 6.45) is 2.72. The van der Waals surface area contributed by atoms with Crippen LogP contribution in [0.3, 0.4) is 0 Å². The summed E-state index contributed by atoms with van der Waals surface area (Å²) in [4.78, 5) is 42.0. The number of nitrogens with one attached hydrogen (secondary N) is 2. The van der Waals surface area contributed by atoms with Crippen LogP contribution in [0.1, 0.15) is 44.9 Å². The third kappa shape index (κ3) is 7.19. The van der Waals surface area contributed by atoms with E-state index in [0.29, 0.717) is 11.6 Å². The zero-order valence-corrected chi connectivity index (χ0v) is 22.3. The van der Waals surface area contributed by atoms with Crippen LogP contribution in [0.15, 0.2) is 53.6 Å². The van der Waals surface area contributed by atoms with Gasteiger partial charge in [-0.15, -0.1) is 0 Å². The van der Waals surface area contributed by atoms with E-state index in [4.69, 9.17) is 14.2 Å². The molecule has 3 heterocycles. The fourth-order valence-corrected chi connectivity index (χ4v) is 4.30. The lowest BCUT2D eigenvalue weighted by molar-refractivity contribution is -0.143. The van der Waals surface area contributed by atoms with E-state index in [0.717, 1.165) is 21.5 Å². The summed E-state index contributed by atoms with van der Waals surface area (Å²) in [5.74, 6) is 0.564. The third-order valence-corrected chi connectivity index (χ3v) is 6.19. The van der Waals surface area contributed by atoms with Crippen molar-refractivity contribution in [3.8, 4) is 11.6 Å². The lowest BCUT2D eigenvalue weighted by atomic mass is 9.98. The Labute approximate surface area is 222 Å². The molecule has 1 amide bonds. The highest BCUT2D eigenvalue weighted by Gasteiger charge is 2.17. The van der Waals surface area contributed by atoms with Crippen LogP contribution < -0.4 is 14.9 Å². The number of pyridine rings is 1. The van der Waals surface area contributed by atoms with E-state index in [-0.39, 0.29) is 30.5 Å². The van der Waals surface area contributed by atoms with Gasteiger partial charge in [-0.3, -0.25) is 9.59 Å². The van der Waals surface area contributed by atoms with Crippen LogP contribution in [-0.4, -0.2) is 57.2 Å². The van der Waals surface area contributed by atoms with Crippen LogP contribution in [-0.2, 0) is 14.3 Å². The average molecular weight is 540 g/mol. The van der Waals surface area contributed by atoms with E-state index >= 15 is 0 Å². The number of hydrogen-bond acceptors (Lipinski definition) is 9. The Morgan fingerprint density at radius 2 is 1.97 bits per heavy atom. The number of carbonyl (C=O) groups is 2. The minimum Gasteiger partial charge on any atom is -0.488 e. The number of esters is 1. The third-order valence-electron chi connectivity index (χ3n) is 5.34. The number of fused-ring (bicyclic) bond motifs is 1.